The summed E-state index contributed by atoms with van der Waals surface area (Å²) in [5.74, 6) is 0.0336. The lowest BCUT2D eigenvalue weighted by Crippen LogP contribution is -2.53. The van der Waals surface area contributed by atoms with E-state index < -0.39 is 71.6 Å². The number of unbranched alkanes of at least 4 members (excludes halogenated alkanes) is 2. The maximum atomic E-state index is 15.7. The number of nitrogens with zero attached hydrogens (tertiary/aromatic N) is 1. The van der Waals surface area contributed by atoms with E-state index in [1.807, 2.05) is 176 Å². The Bertz CT molecular complexity index is 5040. The molecule has 101 heavy (non-hydrogen) atoms. The summed E-state index contributed by atoms with van der Waals surface area (Å²) in [5.41, 5.74) is 12.3. The first kappa shape index (κ1) is 67.7. The van der Waals surface area contributed by atoms with E-state index in [1.54, 1.807) is 29.7 Å². The molecule has 18 nitrogen and oxygen atoms in total. The summed E-state index contributed by atoms with van der Waals surface area (Å²) in [6.07, 6.45) is 10.9. The fourth-order valence-electron chi connectivity index (χ4n) is 14.2. The molecule has 510 valence electrons. The Kier molecular flexibility index (Phi) is 21.0. The molecule has 0 saturated heterocycles. The topological polar surface area (TPSA) is 271 Å². The van der Waals surface area contributed by atoms with Gasteiger partial charge in [-0.3, -0.25) is 38.4 Å². The van der Waals surface area contributed by atoms with Gasteiger partial charge in [-0.15, -0.1) is 0 Å². The summed E-state index contributed by atoms with van der Waals surface area (Å²) in [6, 6.07) is 49.9. The Balaban J connectivity index is 0.713. The number of carbonyl (C=O) groups is 8. The fraction of sp³-hybridized carbons (Fsp3) is 0.253. The molecule has 0 spiro atoms. The summed E-state index contributed by atoms with van der Waals surface area (Å²) in [6.45, 7) is 0.656. The number of benzene rings is 7. The summed E-state index contributed by atoms with van der Waals surface area (Å²) >= 11 is 0. The van der Waals surface area contributed by atoms with Crippen molar-refractivity contribution in [3.63, 3.8) is 0 Å². The molecule has 9 N–H and O–H groups in total. The van der Waals surface area contributed by atoms with E-state index in [0.29, 0.717) is 44.5 Å². The van der Waals surface area contributed by atoms with Gasteiger partial charge in [0.1, 0.15) is 6.04 Å². The van der Waals surface area contributed by atoms with Gasteiger partial charge in [0.05, 0.1) is 30.2 Å². The van der Waals surface area contributed by atoms with E-state index >= 15 is 19.2 Å². The third-order valence-corrected chi connectivity index (χ3v) is 19.7. The van der Waals surface area contributed by atoms with Crippen LogP contribution >= 0.6 is 0 Å². The van der Waals surface area contributed by atoms with E-state index in [0.717, 1.165) is 99.3 Å². The van der Waals surface area contributed by atoms with Crippen molar-refractivity contribution in [1.29, 1.82) is 0 Å². The molecule has 5 heterocycles. The molecule has 0 saturated carbocycles. The number of fused-ring (bicyclic) bond motifs is 7. The first-order valence-corrected chi connectivity index (χ1v) is 34.7. The third kappa shape index (κ3) is 16.2. The van der Waals surface area contributed by atoms with E-state index in [4.69, 9.17) is 0 Å². The molecular formula is C83H79N9O9. The second kappa shape index (κ2) is 31.4. The van der Waals surface area contributed by atoms with Crippen molar-refractivity contribution < 1.29 is 43.5 Å². The molecule has 0 bridgehead atoms. The van der Waals surface area contributed by atoms with Crippen molar-refractivity contribution in [3.05, 3.63) is 251 Å². The molecular weight excluding hydrogens is 1270 g/mol. The van der Waals surface area contributed by atoms with Crippen LogP contribution in [0.1, 0.15) is 108 Å². The third-order valence-electron chi connectivity index (χ3n) is 19.7. The number of carboxylic acid groups (broad SMARTS) is 1. The smallest absolute Gasteiger partial charge is 0.307 e. The number of ketones is 2. The van der Waals surface area contributed by atoms with E-state index in [1.165, 1.54) is 0 Å². The SMILES string of the molecule is O=C(CCC(=O)N1Cc2ccccc2C#Cc2ccccc21)NCCCCCC(=O)N[C@H](Cc1c[nH]c2ccccc12)C(=O)N[C@H](Cc1c[nH]c2ccccc12)C(=O)C[C@H](Cc1c[nH]c2ccccc12)C(=O)N[C@H](Cc1c[nH]c2ccccc12)C(=O)C[C@H](CC1=CCc2ccccc21)C(=O)O. The average Bonchev–Trinajstić information content (AvgIpc) is 1.26. The van der Waals surface area contributed by atoms with Crippen LogP contribution in [0.25, 0.3) is 49.2 Å². The number of H-pyrrole nitrogens is 4. The first-order valence-electron chi connectivity index (χ1n) is 34.7. The zero-order chi connectivity index (χ0) is 69.8. The number of rotatable bonds is 31. The lowest BCUT2D eigenvalue weighted by atomic mass is 9.87. The first-order chi connectivity index (χ1) is 49.3. The number of carboxylic acids is 1. The van der Waals surface area contributed by atoms with Crippen LogP contribution in [0, 0.1) is 23.7 Å². The highest BCUT2D eigenvalue weighted by atomic mass is 16.4. The van der Waals surface area contributed by atoms with Crippen molar-refractivity contribution in [3.8, 4) is 11.8 Å². The molecule has 0 fully saturated rings. The zero-order valence-corrected chi connectivity index (χ0v) is 55.9. The average molecular weight is 1350 g/mol. The van der Waals surface area contributed by atoms with Crippen LogP contribution in [-0.2, 0) is 77.0 Å². The van der Waals surface area contributed by atoms with E-state index in [9.17, 15) is 24.3 Å². The molecule has 1 aliphatic carbocycles. The van der Waals surface area contributed by atoms with Gasteiger partial charge in [0, 0.05) is 143 Å². The molecule has 4 aromatic heterocycles. The lowest BCUT2D eigenvalue weighted by Gasteiger charge is -2.26. The van der Waals surface area contributed by atoms with Crippen molar-refractivity contribution >= 4 is 102 Å². The highest BCUT2D eigenvalue weighted by molar-refractivity contribution is 6.00. The summed E-state index contributed by atoms with van der Waals surface area (Å²) in [7, 11) is 0. The van der Waals surface area contributed by atoms with Crippen LogP contribution in [0.3, 0.4) is 0 Å². The van der Waals surface area contributed by atoms with E-state index in [2.05, 4.69) is 53.0 Å². The number of hydrogen-bond acceptors (Lipinski definition) is 8. The van der Waals surface area contributed by atoms with Crippen LogP contribution in [0.5, 0.6) is 0 Å². The number of allylic oxidation sites excluding steroid dienone is 2. The maximum Gasteiger partial charge on any atom is 0.307 e. The molecule has 2 aliphatic rings. The highest BCUT2D eigenvalue weighted by Crippen LogP contribution is 2.35. The minimum absolute atomic E-state index is 0.00281. The highest BCUT2D eigenvalue weighted by Gasteiger charge is 2.36. The van der Waals surface area contributed by atoms with Gasteiger partial charge in [-0.2, -0.15) is 0 Å². The minimum atomic E-state index is -1.24. The van der Waals surface area contributed by atoms with Gasteiger partial charge in [0.2, 0.25) is 29.5 Å². The summed E-state index contributed by atoms with van der Waals surface area (Å²) in [5, 5.41) is 26.2. The predicted octanol–water partition coefficient (Wildman–Crippen LogP) is 12.0. The molecule has 13 rings (SSSR count). The Hall–Kier alpha value is -11.8. The molecule has 5 atom stereocenters. The van der Waals surface area contributed by atoms with Crippen LogP contribution in [0.2, 0.25) is 0 Å². The Morgan fingerprint density at radius 3 is 1.52 bits per heavy atom. The second-order valence-electron chi connectivity index (χ2n) is 26.4. The van der Waals surface area contributed by atoms with Gasteiger partial charge in [-0.1, -0.05) is 152 Å². The minimum Gasteiger partial charge on any atom is -0.481 e. The number of Topliss-reactive ketones (excluding diaryl/α,β-unsaturated/α-hetero) is 2. The second-order valence-corrected chi connectivity index (χ2v) is 26.4. The van der Waals surface area contributed by atoms with Crippen molar-refractivity contribution in [2.24, 2.45) is 11.8 Å². The summed E-state index contributed by atoms with van der Waals surface area (Å²) < 4.78 is 0. The van der Waals surface area contributed by atoms with Gasteiger partial charge in [0.25, 0.3) is 0 Å². The summed E-state index contributed by atoms with van der Waals surface area (Å²) in [4.78, 5) is 131. The quantitative estimate of drug-likeness (QED) is 0.0147. The standard InChI is InChI=1S/C83H79N9O9/c93-76(45-57(41-59-47-85-68-27-12-8-23-64(59)68)81(98)90-72(42-60-48-86-69-28-13-9-24-65(60)69)77(94)46-58(83(100)101)40-55-36-34-53-19-5-7-22-63(53)55)73(43-61-49-87-70-29-14-10-25-66(61)70)91-82(99)74(44-62-50-88-71-30-15-11-26-67(62)71)89-79(96)32-2-1-17-39-84-78(95)37-38-80(97)92-51-56-21-4-3-18-52(56)33-35-54-20-6-16-31-75(54)92/h3-16,18-31,36,47-50,57-58,72-74,85-88H,1-2,17,32,34,37-46,51H2,(H,84,95)(H,89,96)(H,90,98)(H,91,99)(H,100,101)/t57-,58-,72+,73+,74+/m0/s1. The molecule has 5 amide bonds. The zero-order valence-electron chi connectivity index (χ0n) is 55.9. The largest absolute Gasteiger partial charge is 0.481 e. The molecule has 0 unspecified atom stereocenters. The van der Waals surface area contributed by atoms with Gasteiger partial charge in [-0.05, 0) is 119 Å². The van der Waals surface area contributed by atoms with Crippen LogP contribution in [0.4, 0.5) is 5.69 Å². The Labute approximate surface area is 584 Å². The van der Waals surface area contributed by atoms with Gasteiger partial charge in [0.15, 0.2) is 11.6 Å². The normalized spacial score (nSPS) is 13.8. The Morgan fingerprint density at radius 2 is 0.931 bits per heavy atom. The number of nitrogens with one attached hydrogen (secondary N) is 8. The van der Waals surface area contributed by atoms with Crippen LogP contribution in [-0.4, -0.2) is 96.8 Å². The molecule has 7 aromatic carbocycles. The number of carbonyl (C=O) groups excluding carboxylic acids is 7. The monoisotopic (exact) mass is 1350 g/mol. The molecule has 1 aliphatic heterocycles. The fourth-order valence-corrected chi connectivity index (χ4v) is 14.2. The number of anilines is 1. The molecule has 18 heteroatoms. The van der Waals surface area contributed by atoms with Crippen molar-refractivity contribution in [2.45, 2.75) is 115 Å². The van der Waals surface area contributed by atoms with Crippen molar-refractivity contribution in [2.75, 3.05) is 11.4 Å². The number of hydrogen-bond donors (Lipinski definition) is 9. The van der Waals surface area contributed by atoms with Crippen molar-refractivity contribution in [1.82, 2.24) is 41.2 Å². The maximum absolute atomic E-state index is 15.7. The molecule has 11 aromatic rings. The lowest BCUT2D eigenvalue weighted by molar-refractivity contribution is -0.144. The number of para-hydroxylation sites is 5. The number of amides is 5. The van der Waals surface area contributed by atoms with Crippen LogP contribution < -0.4 is 26.2 Å². The number of aromatic amines is 4. The van der Waals surface area contributed by atoms with E-state index in [-0.39, 0.29) is 69.6 Å². The molecule has 0 radical (unpaired) electrons. The number of aromatic nitrogens is 4. The van der Waals surface area contributed by atoms with Gasteiger partial charge >= 0.3 is 5.97 Å². The van der Waals surface area contributed by atoms with Gasteiger partial charge in [-0.25, -0.2) is 0 Å². The predicted molar refractivity (Wildman–Crippen MR) is 391 cm³/mol. The Morgan fingerprint density at radius 1 is 0.446 bits per heavy atom. The van der Waals surface area contributed by atoms with Gasteiger partial charge < -0.3 is 51.2 Å². The van der Waals surface area contributed by atoms with Crippen LogP contribution in [0.15, 0.2) is 201 Å². The number of aliphatic carboxylic acids is 1.